The van der Waals surface area contributed by atoms with Crippen molar-refractivity contribution in [1.29, 1.82) is 0 Å². The molecule has 140 valence electrons. The Morgan fingerprint density at radius 2 is 1.78 bits per heavy atom. The van der Waals surface area contributed by atoms with Crippen molar-refractivity contribution in [3.05, 3.63) is 58.3 Å². The van der Waals surface area contributed by atoms with Crippen LogP contribution in [-0.2, 0) is 0 Å². The molecular weight excluding hydrogens is 352 g/mol. The second kappa shape index (κ2) is 7.77. The number of rotatable bonds is 7. The molecule has 0 atom stereocenters. The molecule has 8 heteroatoms. The van der Waals surface area contributed by atoms with Gasteiger partial charge in [0, 0.05) is 11.5 Å². The molecule has 1 aromatic heterocycles. The van der Waals surface area contributed by atoms with Crippen molar-refractivity contribution in [3.63, 3.8) is 0 Å². The Bertz CT molecular complexity index is 962. The molecule has 0 saturated carbocycles. The highest BCUT2D eigenvalue weighted by Gasteiger charge is 2.23. The van der Waals surface area contributed by atoms with Gasteiger partial charge in [0.1, 0.15) is 11.3 Å². The standard InChI is InChI=1S/C19H18N2O6/c1-3-25-16-10-13(14(21(23)24)11-17(16)26-4-2)20-19(22)18-9-12-7-5-6-8-15(12)27-18/h5-11H,3-4H2,1-2H3,(H,20,22). The summed E-state index contributed by atoms with van der Waals surface area (Å²) >= 11 is 0. The molecule has 2 aromatic carbocycles. The van der Waals surface area contributed by atoms with Crippen molar-refractivity contribution >= 4 is 28.3 Å². The highest BCUT2D eigenvalue weighted by atomic mass is 16.6. The van der Waals surface area contributed by atoms with Crippen molar-refractivity contribution in [2.75, 3.05) is 18.5 Å². The van der Waals surface area contributed by atoms with E-state index in [1.54, 1.807) is 32.0 Å². The average molecular weight is 370 g/mol. The summed E-state index contributed by atoms with van der Waals surface area (Å²) in [6.45, 7) is 4.21. The van der Waals surface area contributed by atoms with E-state index in [0.29, 0.717) is 24.5 Å². The van der Waals surface area contributed by atoms with Gasteiger partial charge in [0.15, 0.2) is 17.3 Å². The topological polar surface area (TPSA) is 104 Å². The maximum Gasteiger partial charge on any atom is 0.296 e. The zero-order chi connectivity index (χ0) is 19.4. The van der Waals surface area contributed by atoms with Gasteiger partial charge in [0.2, 0.25) is 0 Å². The van der Waals surface area contributed by atoms with Crippen LogP contribution in [0.4, 0.5) is 11.4 Å². The van der Waals surface area contributed by atoms with E-state index < -0.39 is 10.8 Å². The van der Waals surface area contributed by atoms with Gasteiger partial charge in [0.05, 0.1) is 24.2 Å². The third-order valence-electron chi connectivity index (χ3n) is 3.76. The van der Waals surface area contributed by atoms with Gasteiger partial charge in [0.25, 0.3) is 11.6 Å². The Morgan fingerprint density at radius 1 is 1.11 bits per heavy atom. The van der Waals surface area contributed by atoms with Crippen LogP contribution in [0.3, 0.4) is 0 Å². The number of nitrogens with zero attached hydrogens (tertiary/aromatic N) is 1. The van der Waals surface area contributed by atoms with Gasteiger partial charge < -0.3 is 19.2 Å². The molecule has 0 spiro atoms. The molecule has 0 aliphatic heterocycles. The van der Waals surface area contributed by atoms with E-state index in [1.165, 1.54) is 12.1 Å². The van der Waals surface area contributed by atoms with E-state index in [4.69, 9.17) is 13.9 Å². The first-order valence-corrected chi connectivity index (χ1v) is 8.41. The maximum atomic E-state index is 12.5. The summed E-state index contributed by atoms with van der Waals surface area (Å²) in [6, 6.07) is 11.4. The minimum atomic E-state index is -0.596. The number of nitro groups is 1. The van der Waals surface area contributed by atoms with E-state index in [2.05, 4.69) is 5.32 Å². The number of hydrogen-bond donors (Lipinski definition) is 1. The number of benzene rings is 2. The number of carbonyl (C=O) groups is 1. The summed E-state index contributed by atoms with van der Waals surface area (Å²) in [5.74, 6) is 0.0101. The van der Waals surface area contributed by atoms with E-state index in [1.807, 2.05) is 12.1 Å². The molecule has 3 aromatic rings. The first-order valence-electron chi connectivity index (χ1n) is 8.41. The van der Waals surface area contributed by atoms with Gasteiger partial charge in [-0.3, -0.25) is 14.9 Å². The predicted octanol–water partition coefficient (Wildman–Crippen LogP) is 4.39. The molecule has 0 radical (unpaired) electrons. The van der Waals surface area contributed by atoms with Crippen molar-refractivity contribution in [1.82, 2.24) is 0 Å². The monoisotopic (exact) mass is 370 g/mol. The summed E-state index contributed by atoms with van der Waals surface area (Å²) in [4.78, 5) is 23.4. The molecular formula is C19H18N2O6. The molecule has 27 heavy (non-hydrogen) atoms. The van der Waals surface area contributed by atoms with Crippen molar-refractivity contribution < 1.29 is 23.6 Å². The molecule has 1 amide bonds. The molecule has 0 unspecified atom stereocenters. The van der Waals surface area contributed by atoms with Crippen LogP contribution in [0.5, 0.6) is 11.5 Å². The third kappa shape index (κ3) is 3.84. The number of carbonyl (C=O) groups excluding carboxylic acids is 1. The zero-order valence-electron chi connectivity index (χ0n) is 14.9. The minimum absolute atomic E-state index is 0.00245. The Balaban J connectivity index is 1.97. The smallest absolute Gasteiger partial charge is 0.296 e. The third-order valence-corrected chi connectivity index (χ3v) is 3.76. The van der Waals surface area contributed by atoms with Crippen LogP contribution in [0.2, 0.25) is 0 Å². The van der Waals surface area contributed by atoms with Crippen molar-refractivity contribution in [3.8, 4) is 11.5 Å². The fraction of sp³-hybridized carbons (Fsp3) is 0.211. The van der Waals surface area contributed by atoms with Gasteiger partial charge in [-0.1, -0.05) is 18.2 Å². The fourth-order valence-corrected chi connectivity index (χ4v) is 2.61. The van der Waals surface area contributed by atoms with Crippen LogP contribution in [0.1, 0.15) is 24.4 Å². The highest BCUT2D eigenvalue weighted by Crippen LogP contribution is 2.38. The van der Waals surface area contributed by atoms with Crippen LogP contribution in [-0.4, -0.2) is 24.0 Å². The molecule has 0 aliphatic carbocycles. The van der Waals surface area contributed by atoms with Crippen LogP contribution in [0.25, 0.3) is 11.0 Å². The number of ether oxygens (including phenoxy) is 2. The molecule has 1 N–H and O–H groups in total. The van der Waals surface area contributed by atoms with E-state index in [-0.39, 0.29) is 22.9 Å². The number of nitro benzene ring substituents is 1. The van der Waals surface area contributed by atoms with E-state index in [0.717, 1.165) is 5.39 Å². The van der Waals surface area contributed by atoms with Crippen molar-refractivity contribution in [2.24, 2.45) is 0 Å². The quantitative estimate of drug-likeness (QED) is 0.488. The molecule has 0 fully saturated rings. The number of para-hydroxylation sites is 1. The first kappa shape index (κ1) is 18.2. The van der Waals surface area contributed by atoms with Crippen LogP contribution in [0.15, 0.2) is 46.9 Å². The second-order valence-electron chi connectivity index (χ2n) is 5.54. The molecule has 0 saturated heterocycles. The van der Waals surface area contributed by atoms with Crippen LogP contribution in [0, 0.1) is 10.1 Å². The van der Waals surface area contributed by atoms with Gasteiger partial charge in [-0.2, -0.15) is 0 Å². The van der Waals surface area contributed by atoms with Crippen LogP contribution >= 0.6 is 0 Å². The summed E-state index contributed by atoms with van der Waals surface area (Å²) in [6.07, 6.45) is 0. The van der Waals surface area contributed by atoms with Gasteiger partial charge in [-0.25, -0.2) is 0 Å². The average Bonchev–Trinajstić information content (AvgIpc) is 3.08. The first-order chi connectivity index (χ1) is 13.0. The number of nitrogens with one attached hydrogen (secondary N) is 1. The highest BCUT2D eigenvalue weighted by molar-refractivity contribution is 6.05. The van der Waals surface area contributed by atoms with E-state index in [9.17, 15) is 14.9 Å². The second-order valence-corrected chi connectivity index (χ2v) is 5.54. The Hall–Kier alpha value is -3.55. The number of fused-ring (bicyclic) bond motifs is 1. The molecule has 1 heterocycles. The van der Waals surface area contributed by atoms with Gasteiger partial charge in [-0.05, 0) is 26.0 Å². The number of hydrogen-bond acceptors (Lipinski definition) is 6. The molecule has 8 nitrogen and oxygen atoms in total. The summed E-state index contributed by atoms with van der Waals surface area (Å²) in [7, 11) is 0. The number of amides is 1. The summed E-state index contributed by atoms with van der Waals surface area (Å²) in [5.41, 5.74) is 0.252. The molecule has 0 bridgehead atoms. The van der Waals surface area contributed by atoms with Crippen molar-refractivity contribution in [2.45, 2.75) is 13.8 Å². The Morgan fingerprint density at radius 3 is 2.41 bits per heavy atom. The maximum absolute atomic E-state index is 12.5. The lowest BCUT2D eigenvalue weighted by molar-refractivity contribution is -0.384. The van der Waals surface area contributed by atoms with Gasteiger partial charge >= 0.3 is 0 Å². The Kier molecular flexibility index (Phi) is 5.25. The number of furan rings is 1. The minimum Gasteiger partial charge on any atom is -0.490 e. The van der Waals surface area contributed by atoms with Gasteiger partial charge in [-0.15, -0.1) is 0 Å². The molecule has 3 rings (SSSR count). The predicted molar refractivity (Wildman–Crippen MR) is 99.6 cm³/mol. The lowest BCUT2D eigenvalue weighted by Gasteiger charge is -2.13. The molecule has 0 aliphatic rings. The lowest BCUT2D eigenvalue weighted by atomic mass is 10.2. The summed E-state index contributed by atoms with van der Waals surface area (Å²) < 4.78 is 16.4. The SMILES string of the molecule is CCOc1cc(NC(=O)c2cc3ccccc3o2)c([N+](=O)[O-])cc1OCC. The zero-order valence-corrected chi connectivity index (χ0v) is 14.9. The Labute approximate surface area is 154 Å². The fourth-order valence-electron chi connectivity index (χ4n) is 2.61. The lowest BCUT2D eigenvalue weighted by Crippen LogP contribution is -2.13. The summed E-state index contributed by atoms with van der Waals surface area (Å²) in [5, 5.41) is 14.7. The van der Waals surface area contributed by atoms with E-state index >= 15 is 0 Å². The van der Waals surface area contributed by atoms with Crippen LogP contribution < -0.4 is 14.8 Å². The largest absolute Gasteiger partial charge is 0.490 e. The number of anilines is 1. The normalized spacial score (nSPS) is 10.6.